The van der Waals surface area contributed by atoms with Gasteiger partial charge in [-0.15, -0.1) is 11.3 Å². The number of nitrogens with zero attached hydrogens (tertiary/aromatic N) is 3. The van der Waals surface area contributed by atoms with Crippen molar-refractivity contribution in [2.24, 2.45) is 0 Å². The van der Waals surface area contributed by atoms with Crippen LogP contribution >= 0.6 is 22.9 Å². The van der Waals surface area contributed by atoms with Gasteiger partial charge in [-0.2, -0.15) is 5.10 Å². The molecule has 4 rings (SSSR count). The Morgan fingerprint density at radius 3 is 2.72 bits per heavy atom. The van der Waals surface area contributed by atoms with Crippen LogP contribution in [0.15, 0.2) is 60.0 Å². The zero-order chi connectivity index (χ0) is 20.4. The summed E-state index contributed by atoms with van der Waals surface area (Å²) in [7, 11) is 0. The van der Waals surface area contributed by atoms with Gasteiger partial charge in [-0.1, -0.05) is 29.8 Å². The lowest BCUT2D eigenvalue weighted by Gasteiger charge is -2.08. The predicted molar refractivity (Wildman–Crippen MR) is 113 cm³/mol. The fourth-order valence-corrected chi connectivity index (χ4v) is 4.01. The topological polar surface area (TPSA) is 59.8 Å². The summed E-state index contributed by atoms with van der Waals surface area (Å²) in [5.74, 6) is -0.0361. The molecule has 0 aliphatic carbocycles. The first-order valence-corrected chi connectivity index (χ1v) is 10.1. The number of halogens is 2. The van der Waals surface area contributed by atoms with Gasteiger partial charge in [-0.25, -0.2) is 14.1 Å². The minimum Gasteiger partial charge on any atom is -0.310 e. The molecule has 0 saturated heterocycles. The molecular weight excluding hydrogens is 411 g/mol. The fourth-order valence-electron chi connectivity index (χ4n) is 2.87. The highest BCUT2D eigenvalue weighted by molar-refractivity contribution is 7.13. The Bertz CT molecular complexity index is 1170. The standard InChI is InChI=1S/C21H16ClFN4OS/c1-13-10-19(27(26-13)16-8-6-14(23)7-9-16)25-20(28)11-15-12-29-21(24-15)17-4-2-3-5-18(17)22/h2-10,12H,11H2,1H3,(H,25,28). The summed E-state index contributed by atoms with van der Waals surface area (Å²) in [6.07, 6.45) is 0.120. The van der Waals surface area contributed by atoms with Crippen LogP contribution in [-0.4, -0.2) is 20.7 Å². The second-order valence-corrected chi connectivity index (χ2v) is 7.67. The van der Waals surface area contributed by atoms with Gasteiger partial charge < -0.3 is 5.32 Å². The summed E-state index contributed by atoms with van der Waals surface area (Å²) in [4.78, 5) is 17.1. The van der Waals surface area contributed by atoms with Crippen molar-refractivity contribution >= 4 is 34.7 Å². The second kappa shape index (κ2) is 8.14. The van der Waals surface area contributed by atoms with E-state index in [4.69, 9.17) is 11.6 Å². The van der Waals surface area contributed by atoms with Gasteiger partial charge in [0.1, 0.15) is 16.6 Å². The molecule has 0 fully saturated rings. The molecule has 0 aliphatic rings. The number of aryl methyl sites for hydroxylation is 1. The highest BCUT2D eigenvalue weighted by Crippen LogP contribution is 2.30. The monoisotopic (exact) mass is 426 g/mol. The third kappa shape index (κ3) is 4.36. The number of carbonyl (C=O) groups excluding carboxylic acids is 1. The SMILES string of the molecule is Cc1cc(NC(=O)Cc2csc(-c3ccccc3Cl)n2)n(-c2ccc(F)cc2)n1. The predicted octanol–water partition coefficient (Wildman–Crippen LogP) is 5.28. The van der Waals surface area contributed by atoms with Crippen LogP contribution in [0.1, 0.15) is 11.4 Å². The number of nitrogens with one attached hydrogen (secondary N) is 1. The van der Waals surface area contributed by atoms with Gasteiger partial charge in [0.25, 0.3) is 0 Å². The maximum atomic E-state index is 13.2. The van der Waals surface area contributed by atoms with Gasteiger partial charge in [0.05, 0.1) is 28.5 Å². The largest absolute Gasteiger partial charge is 0.310 e. The van der Waals surface area contributed by atoms with Gasteiger partial charge in [-0.3, -0.25) is 4.79 Å². The number of carbonyl (C=O) groups is 1. The van der Waals surface area contributed by atoms with E-state index in [1.54, 1.807) is 22.9 Å². The Morgan fingerprint density at radius 1 is 1.21 bits per heavy atom. The van der Waals surface area contributed by atoms with Gasteiger partial charge in [0.2, 0.25) is 5.91 Å². The molecule has 5 nitrogen and oxygen atoms in total. The summed E-state index contributed by atoms with van der Waals surface area (Å²) >= 11 is 7.66. The quantitative estimate of drug-likeness (QED) is 0.472. The molecule has 2 aromatic carbocycles. The summed E-state index contributed by atoms with van der Waals surface area (Å²) < 4.78 is 14.8. The summed E-state index contributed by atoms with van der Waals surface area (Å²) in [6, 6.07) is 15.1. The Balaban J connectivity index is 1.50. The van der Waals surface area contributed by atoms with Gasteiger partial charge >= 0.3 is 0 Å². The van der Waals surface area contributed by atoms with Crippen molar-refractivity contribution in [3.05, 3.63) is 82.2 Å². The van der Waals surface area contributed by atoms with Crippen molar-refractivity contribution in [1.82, 2.24) is 14.8 Å². The zero-order valence-corrected chi connectivity index (χ0v) is 17.0. The van der Waals surface area contributed by atoms with Gasteiger partial charge in [-0.05, 0) is 37.3 Å². The molecule has 4 aromatic rings. The van der Waals surface area contributed by atoms with Crippen LogP contribution in [-0.2, 0) is 11.2 Å². The van der Waals surface area contributed by atoms with Crippen LogP contribution in [0.5, 0.6) is 0 Å². The molecule has 1 N–H and O–H groups in total. The summed E-state index contributed by atoms with van der Waals surface area (Å²) in [6.45, 7) is 1.83. The van der Waals surface area contributed by atoms with E-state index in [2.05, 4.69) is 15.4 Å². The maximum Gasteiger partial charge on any atom is 0.231 e. The van der Waals surface area contributed by atoms with Crippen molar-refractivity contribution in [2.45, 2.75) is 13.3 Å². The maximum absolute atomic E-state index is 13.2. The first-order chi connectivity index (χ1) is 14.0. The number of thiazole rings is 1. The number of hydrogen-bond acceptors (Lipinski definition) is 4. The van der Waals surface area contributed by atoms with Crippen molar-refractivity contribution < 1.29 is 9.18 Å². The molecule has 8 heteroatoms. The molecular formula is C21H16ClFN4OS. The Labute approximate surface area is 175 Å². The normalized spacial score (nSPS) is 10.9. The average molecular weight is 427 g/mol. The molecule has 1 amide bonds. The van der Waals surface area contributed by atoms with Crippen LogP contribution in [0, 0.1) is 12.7 Å². The number of aromatic nitrogens is 3. The Morgan fingerprint density at radius 2 is 1.97 bits per heavy atom. The number of benzene rings is 2. The minimum atomic E-state index is -0.332. The molecule has 2 aromatic heterocycles. The van der Waals surface area contributed by atoms with Crippen molar-refractivity contribution in [3.63, 3.8) is 0 Å². The van der Waals surface area contributed by atoms with Crippen molar-refractivity contribution in [2.75, 3.05) is 5.32 Å². The van der Waals surface area contributed by atoms with Crippen LogP contribution in [0.3, 0.4) is 0 Å². The minimum absolute atomic E-state index is 0.120. The first kappa shape index (κ1) is 19.3. The molecule has 146 valence electrons. The van der Waals surface area contributed by atoms with Crippen LogP contribution in [0.2, 0.25) is 5.02 Å². The smallest absolute Gasteiger partial charge is 0.231 e. The van der Waals surface area contributed by atoms with Crippen molar-refractivity contribution in [1.29, 1.82) is 0 Å². The fraction of sp³-hybridized carbons (Fsp3) is 0.0952. The molecule has 29 heavy (non-hydrogen) atoms. The molecule has 2 heterocycles. The number of amides is 1. The Hall–Kier alpha value is -3.03. The zero-order valence-electron chi connectivity index (χ0n) is 15.4. The number of hydrogen-bond donors (Lipinski definition) is 1. The average Bonchev–Trinajstić information content (AvgIpc) is 3.29. The van der Waals surface area contributed by atoms with E-state index in [9.17, 15) is 9.18 Å². The van der Waals surface area contributed by atoms with E-state index < -0.39 is 0 Å². The van der Waals surface area contributed by atoms with E-state index in [1.807, 2.05) is 36.6 Å². The summed E-state index contributed by atoms with van der Waals surface area (Å²) in [5.41, 5.74) is 2.89. The van der Waals surface area contributed by atoms with Crippen LogP contribution in [0.4, 0.5) is 10.2 Å². The van der Waals surface area contributed by atoms with Crippen LogP contribution < -0.4 is 5.32 Å². The van der Waals surface area contributed by atoms with E-state index >= 15 is 0 Å². The molecule has 0 spiro atoms. The molecule has 0 atom stereocenters. The van der Waals surface area contributed by atoms with Gasteiger partial charge in [0, 0.05) is 17.0 Å². The van der Waals surface area contributed by atoms with E-state index in [1.165, 1.54) is 23.5 Å². The molecule has 0 bridgehead atoms. The first-order valence-electron chi connectivity index (χ1n) is 8.81. The summed E-state index contributed by atoms with van der Waals surface area (Å²) in [5, 5.41) is 10.5. The highest BCUT2D eigenvalue weighted by atomic mass is 35.5. The van der Waals surface area contributed by atoms with Gasteiger partial charge in [0.15, 0.2) is 0 Å². The third-order valence-corrected chi connectivity index (χ3v) is 5.42. The van der Waals surface area contributed by atoms with E-state index in [0.29, 0.717) is 22.2 Å². The lowest BCUT2D eigenvalue weighted by molar-refractivity contribution is -0.115. The highest BCUT2D eigenvalue weighted by Gasteiger charge is 2.14. The molecule has 0 saturated carbocycles. The lowest BCUT2D eigenvalue weighted by Crippen LogP contribution is -2.17. The third-order valence-electron chi connectivity index (χ3n) is 4.17. The molecule has 0 unspecified atom stereocenters. The molecule has 0 radical (unpaired) electrons. The number of rotatable bonds is 5. The lowest BCUT2D eigenvalue weighted by atomic mass is 10.2. The Kier molecular flexibility index (Phi) is 5.42. The van der Waals surface area contributed by atoms with Crippen LogP contribution in [0.25, 0.3) is 16.3 Å². The molecule has 0 aliphatic heterocycles. The number of anilines is 1. The van der Waals surface area contributed by atoms with E-state index in [0.717, 1.165) is 16.3 Å². The van der Waals surface area contributed by atoms with E-state index in [-0.39, 0.29) is 18.1 Å². The van der Waals surface area contributed by atoms with Crippen molar-refractivity contribution in [3.8, 4) is 16.3 Å². The second-order valence-electron chi connectivity index (χ2n) is 6.41.